The lowest BCUT2D eigenvalue weighted by Crippen LogP contribution is -2.37. The number of hydrogen-bond acceptors (Lipinski definition) is 4. The van der Waals surface area contributed by atoms with Crippen LogP contribution in [0, 0.1) is 13.8 Å². The summed E-state index contributed by atoms with van der Waals surface area (Å²) in [6.45, 7) is 8.10. The van der Waals surface area contributed by atoms with E-state index in [2.05, 4.69) is 13.8 Å². The zero-order valence-corrected chi connectivity index (χ0v) is 20.1. The van der Waals surface area contributed by atoms with Gasteiger partial charge in [-0.1, -0.05) is 57.0 Å². The average molecular weight is 448 g/mol. The van der Waals surface area contributed by atoms with Crippen molar-refractivity contribution in [2.45, 2.75) is 71.4 Å². The van der Waals surface area contributed by atoms with Crippen LogP contribution in [0.15, 0.2) is 42.0 Å². The highest BCUT2D eigenvalue weighted by Crippen LogP contribution is 2.45. The van der Waals surface area contributed by atoms with Gasteiger partial charge in [0.25, 0.3) is 11.7 Å². The summed E-state index contributed by atoms with van der Waals surface area (Å²) in [4.78, 5) is 28.4. The molecule has 2 fully saturated rings. The third-order valence-electron chi connectivity index (χ3n) is 7.00. The lowest BCUT2D eigenvalue weighted by atomic mass is 9.91. The largest absolute Gasteiger partial charge is 0.507 e. The first-order valence-electron chi connectivity index (χ1n) is 11.8. The van der Waals surface area contributed by atoms with Gasteiger partial charge in [0, 0.05) is 6.04 Å². The summed E-state index contributed by atoms with van der Waals surface area (Å²) in [5.74, 6) is -0.433. The van der Waals surface area contributed by atoms with E-state index < -0.39 is 17.7 Å². The molecular weight excluding hydrogens is 414 g/mol. The minimum atomic E-state index is -0.626. The molecule has 1 aliphatic carbocycles. The van der Waals surface area contributed by atoms with Crippen molar-refractivity contribution in [1.29, 1.82) is 0 Å². The average Bonchev–Trinajstić information content (AvgIpc) is 3.40. The van der Waals surface area contributed by atoms with Gasteiger partial charge in [-0.15, -0.1) is 0 Å². The molecule has 0 radical (unpaired) electrons. The molecule has 1 saturated heterocycles. The summed E-state index contributed by atoms with van der Waals surface area (Å²) >= 11 is 0. The minimum absolute atomic E-state index is 0.00247. The molecule has 2 aromatic rings. The molecule has 4 rings (SSSR count). The summed E-state index contributed by atoms with van der Waals surface area (Å²) < 4.78 is 5.58. The van der Waals surface area contributed by atoms with Gasteiger partial charge in [-0.25, -0.2) is 0 Å². The Kier molecular flexibility index (Phi) is 6.33. The minimum Gasteiger partial charge on any atom is -0.507 e. The maximum absolute atomic E-state index is 13.4. The maximum Gasteiger partial charge on any atom is 0.295 e. The Morgan fingerprint density at radius 2 is 1.70 bits per heavy atom. The molecule has 5 nitrogen and oxygen atoms in total. The highest BCUT2D eigenvalue weighted by Gasteiger charge is 2.49. The van der Waals surface area contributed by atoms with Gasteiger partial charge in [0.1, 0.15) is 11.5 Å². The number of Topliss-reactive ketones (excluding diaryl/α,β-unsaturated/α-hetero) is 1. The summed E-state index contributed by atoms with van der Waals surface area (Å²) in [6.07, 6.45) is 3.83. The molecule has 33 heavy (non-hydrogen) atoms. The third-order valence-corrected chi connectivity index (χ3v) is 7.00. The first kappa shape index (κ1) is 23.1. The van der Waals surface area contributed by atoms with E-state index >= 15 is 0 Å². The van der Waals surface area contributed by atoms with E-state index in [1.807, 2.05) is 50.2 Å². The molecule has 1 unspecified atom stereocenters. The number of benzene rings is 2. The van der Waals surface area contributed by atoms with Crippen molar-refractivity contribution in [1.82, 2.24) is 4.90 Å². The Morgan fingerprint density at radius 1 is 1.06 bits per heavy atom. The van der Waals surface area contributed by atoms with Crippen LogP contribution in [0.5, 0.6) is 5.75 Å². The van der Waals surface area contributed by atoms with Crippen LogP contribution >= 0.6 is 0 Å². The van der Waals surface area contributed by atoms with Crippen LogP contribution in [0.1, 0.15) is 79.3 Å². The number of ketones is 1. The molecule has 1 amide bonds. The summed E-state index contributed by atoms with van der Waals surface area (Å²) in [6, 6.07) is 11.2. The van der Waals surface area contributed by atoms with Crippen molar-refractivity contribution < 1.29 is 19.4 Å². The van der Waals surface area contributed by atoms with Gasteiger partial charge in [0.15, 0.2) is 0 Å². The van der Waals surface area contributed by atoms with Crippen molar-refractivity contribution in [3.8, 4) is 5.75 Å². The molecule has 2 aromatic carbocycles. The van der Waals surface area contributed by atoms with Gasteiger partial charge < -0.3 is 14.7 Å². The van der Waals surface area contributed by atoms with Gasteiger partial charge >= 0.3 is 0 Å². The van der Waals surface area contributed by atoms with Crippen molar-refractivity contribution in [2.75, 3.05) is 7.11 Å². The smallest absolute Gasteiger partial charge is 0.295 e. The van der Waals surface area contributed by atoms with Crippen LogP contribution in [0.3, 0.4) is 0 Å². The van der Waals surface area contributed by atoms with Gasteiger partial charge in [-0.2, -0.15) is 0 Å². The Bertz CT molecular complexity index is 1110. The van der Waals surface area contributed by atoms with Crippen molar-refractivity contribution in [2.24, 2.45) is 0 Å². The second-order valence-electron chi connectivity index (χ2n) is 9.63. The highest BCUT2D eigenvalue weighted by molar-refractivity contribution is 6.46. The predicted molar refractivity (Wildman–Crippen MR) is 129 cm³/mol. The molecule has 1 N–H and O–H groups in total. The first-order chi connectivity index (χ1) is 15.7. The van der Waals surface area contributed by atoms with Gasteiger partial charge in [-0.3, -0.25) is 9.59 Å². The van der Waals surface area contributed by atoms with E-state index in [1.54, 1.807) is 12.0 Å². The van der Waals surface area contributed by atoms with E-state index in [0.717, 1.165) is 42.4 Å². The first-order valence-corrected chi connectivity index (χ1v) is 11.8. The van der Waals surface area contributed by atoms with Crippen LogP contribution < -0.4 is 4.74 Å². The van der Waals surface area contributed by atoms with Crippen LogP contribution in [0.25, 0.3) is 5.76 Å². The molecule has 0 bridgehead atoms. The molecule has 5 heteroatoms. The Hall–Kier alpha value is -3.08. The van der Waals surface area contributed by atoms with E-state index in [-0.39, 0.29) is 17.4 Å². The number of methoxy groups -OCH3 is 1. The van der Waals surface area contributed by atoms with Crippen molar-refractivity contribution in [3.05, 3.63) is 69.8 Å². The number of aliphatic hydroxyl groups excluding tert-OH is 1. The topological polar surface area (TPSA) is 66.8 Å². The fraction of sp³-hybridized carbons (Fsp3) is 0.429. The highest BCUT2D eigenvalue weighted by atomic mass is 16.5. The number of hydrogen-bond donors (Lipinski definition) is 1. The van der Waals surface area contributed by atoms with Crippen LogP contribution in [-0.2, 0) is 9.59 Å². The molecule has 1 aliphatic heterocycles. The molecule has 0 spiro atoms. The zero-order valence-electron chi connectivity index (χ0n) is 20.1. The number of amides is 1. The van der Waals surface area contributed by atoms with E-state index in [1.165, 1.54) is 5.56 Å². The molecule has 174 valence electrons. The van der Waals surface area contributed by atoms with Gasteiger partial charge in [-0.05, 0) is 60.9 Å². The van der Waals surface area contributed by atoms with Crippen molar-refractivity contribution in [3.63, 3.8) is 0 Å². The van der Waals surface area contributed by atoms with E-state index in [9.17, 15) is 14.7 Å². The molecular formula is C28H33NO4. The second kappa shape index (κ2) is 9.05. The summed E-state index contributed by atoms with van der Waals surface area (Å²) in [5.41, 5.74) is 4.43. The fourth-order valence-corrected chi connectivity index (χ4v) is 5.35. The number of likely N-dealkylation sites (tertiary alicyclic amines) is 1. The number of carbonyl (C=O) groups excluding carboxylic acids is 2. The molecule has 1 atom stereocenters. The maximum atomic E-state index is 13.4. The van der Waals surface area contributed by atoms with Crippen LogP contribution in [0.2, 0.25) is 0 Å². The SMILES string of the molecule is COc1c(C)cc(C)cc1/C(O)=C1\C(=O)C(=O)N(C2CCCC2)C1c1ccc(C(C)C)cc1. The Labute approximate surface area is 196 Å². The number of ether oxygens (including phenoxy) is 1. The Morgan fingerprint density at radius 3 is 2.27 bits per heavy atom. The number of aliphatic hydroxyl groups is 1. The molecule has 2 aliphatic rings. The number of aryl methyl sites for hydroxylation is 2. The van der Waals surface area contributed by atoms with Crippen LogP contribution in [0.4, 0.5) is 0 Å². The zero-order chi connectivity index (χ0) is 23.9. The van der Waals surface area contributed by atoms with E-state index in [4.69, 9.17) is 4.74 Å². The number of carbonyl (C=O) groups is 2. The van der Waals surface area contributed by atoms with Gasteiger partial charge in [0.2, 0.25) is 0 Å². The molecule has 1 heterocycles. The number of nitrogens with zero attached hydrogens (tertiary/aromatic N) is 1. The van der Waals surface area contributed by atoms with Crippen molar-refractivity contribution >= 4 is 17.4 Å². The quantitative estimate of drug-likeness (QED) is 0.357. The fourth-order valence-electron chi connectivity index (χ4n) is 5.35. The third kappa shape index (κ3) is 4.05. The lowest BCUT2D eigenvalue weighted by Gasteiger charge is -2.31. The van der Waals surface area contributed by atoms with Gasteiger partial charge in [0.05, 0.1) is 24.3 Å². The normalized spacial score (nSPS) is 20.8. The van der Waals surface area contributed by atoms with E-state index in [0.29, 0.717) is 17.2 Å². The molecule has 0 aromatic heterocycles. The number of rotatable bonds is 5. The monoisotopic (exact) mass is 447 g/mol. The predicted octanol–water partition coefficient (Wildman–Crippen LogP) is 5.80. The molecule has 1 saturated carbocycles. The summed E-state index contributed by atoms with van der Waals surface area (Å²) in [5, 5.41) is 11.5. The Balaban J connectivity index is 1.93. The van der Waals surface area contributed by atoms with Crippen LogP contribution in [-0.4, -0.2) is 34.8 Å². The standard InChI is InChI=1S/C28H33NO4/c1-16(2)19-10-12-20(13-11-19)24-23(26(31)28(32)29(24)21-8-6-7-9-21)25(30)22-15-17(3)14-18(4)27(22)33-5/h10-16,21,24,30H,6-9H2,1-5H3/b25-23+. The second-order valence-corrected chi connectivity index (χ2v) is 9.63. The lowest BCUT2D eigenvalue weighted by molar-refractivity contribution is -0.141. The summed E-state index contributed by atoms with van der Waals surface area (Å²) in [7, 11) is 1.55.